The molecular formula is C16H25ClN2O3. The van der Waals surface area contributed by atoms with Gasteiger partial charge in [0, 0.05) is 23.9 Å². The fraction of sp³-hybridized carbons (Fsp3) is 0.625. The number of aromatic nitrogens is 1. The van der Waals surface area contributed by atoms with Gasteiger partial charge >= 0.3 is 6.09 Å². The van der Waals surface area contributed by atoms with Gasteiger partial charge in [0.15, 0.2) is 0 Å². The normalized spacial score (nSPS) is 14.3. The van der Waals surface area contributed by atoms with Gasteiger partial charge in [-0.3, -0.25) is 4.98 Å². The third-order valence-electron chi connectivity index (χ3n) is 2.84. The summed E-state index contributed by atoms with van der Waals surface area (Å²) in [6, 6.07) is 3.48. The smallest absolute Gasteiger partial charge is 0.407 e. The van der Waals surface area contributed by atoms with Gasteiger partial charge < -0.3 is 14.8 Å². The van der Waals surface area contributed by atoms with Crippen molar-refractivity contribution < 1.29 is 14.3 Å². The van der Waals surface area contributed by atoms with Gasteiger partial charge in [0.05, 0.1) is 11.8 Å². The summed E-state index contributed by atoms with van der Waals surface area (Å²) in [6.45, 7) is 9.84. The Morgan fingerprint density at radius 1 is 1.41 bits per heavy atom. The average Bonchev–Trinajstić information content (AvgIpc) is 2.36. The molecule has 1 rings (SSSR count). The first-order chi connectivity index (χ1) is 10.2. The molecule has 1 N–H and O–H groups in total. The van der Waals surface area contributed by atoms with Gasteiger partial charge in [0.25, 0.3) is 0 Å². The minimum Gasteiger partial charge on any atom is -0.444 e. The molecule has 0 fully saturated rings. The Bertz CT molecular complexity index is 489. The largest absolute Gasteiger partial charge is 0.444 e. The third-order valence-corrected chi connectivity index (χ3v) is 3.08. The lowest BCUT2D eigenvalue weighted by Gasteiger charge is -2.22. The van der Waals surface area contributed by atoms with E-state index in [1.165, 1.54) is 0 Å². The van der Waals surface area contributed by atoms with E-state index < -0.39 is 11.7 Å². The van der Waals surface area contributed by atoms with E-state index in [-0.39, 0.29) is 12.1 Å². The van der Waals surface area contributed by atoms with Gasteiger partial charge in [-0.2, -0.15) is 0 Å². The molecule has 0 bridgehead atoms. The van der Waals surface area contributed by atoms with E-state index in [4.69, 9.17) is 21.1 Å². The molecule has 22 heavy (non-hydrogen) atoms. The van der Waals surface area contributed by atoms with Gasteiger partial charge in [0.2, 0.25) is 0 Å². The van der Waals surface area contributed by atoms with Crippen molar-refractivity contribution in [3.8, 4) is 0 Å². The maximum atomic E-state index is 11.6. The van der Waals surface area contributed by atoms with Gasteiger partial charge in [0.1, 0.15) is 5.60 Å². The predicted octanol–water partition coefficient (Wildman–Crippen LogP) is 4.12. The number of alkyl carbamates (subject to hydrolysis) is 1. The van der Waals surface area contributed by atoms with E-state index in [0.29, 0.717) is 18.1 Å². The minimum atomic E-state index is -0.493. The van der Waals surface area contributed by atoms with Crippen LogP contribution in [0.2, 0.25) is 5.02 Å². The van der Waals surface area contributed by atoms with Crippen LogP contribution in [0.4, 0.5) is 4.79 Å². The zero-order valence-corrected chi connectivity index (χ0v) is 14.6. The Hall–Kier alpha value is -1.33. The molecule has 0 saturated carbocycles. The average molecular weight is 329 g/mol. The summed E-state index contributed by atoms with van der Waals surface area (Å²) in [6.07, 6.45) is 1.78. The summed E-state index contributed by atoms with van der Waals surface area (Å²) in [7, 11) is 0. The first-order valence-corrected chi connectivity index (χ1v) is 7.78. The molecule has 1 aromatic rings. The van der Waals surface area contributed by atoms with Crippen LogP contribution in [0, 0.1) is 0 Å². The van der Waals surface area contributed by atoms with Crippen LogP contribution in [0.1, 0.15) is 52.8 Å². The number of nitrogens with one attached hydrogen (secondary N) is 1. The topological polar surface area (TPSA) is 60.5 Å². The Morgan fingerprint density at radius 2 is 2.09 bits per heavy atom. The molecule has 0 unspecified atom stereocenters. The lowest BCUT2D eigenvalue weighted by atomic mass is 10.2. The fourth-order valence-corrected chi connectivity index (χ4v) is 1.90. The van der Waals surface area contributed by atoms with E-state index in [0.717, 1.165) is 5.69 Å². The van der Waals surface area contributed by atoms with Crippen molar-refractivity contribution in [1.29, 1.82) is 0 Å². The second kappa shape index (κ2) is 8.34. The van der Waals surface area contributed by atoms with E-state index >= 15 is 0 Å². The summed E-state index contributed by atoms with van der Waals surface area (Å²) < 4.78 is 10.9. The van der Waals surface area contributed by atoms with Crippen LogP contribution in [0.15, 0.2) is 18.3 Å². The molecule has 5 nitrogen and oxygen atoms in total. The number of pyridine rings is 1. The molecule has 1 aromatic heterocycles. The van der Waals surface area contributed by atoms with Crippen LogP contribution < -0.4 is 5.32 Å². The van der Waals surface area contributed by atoms with Crippen molar-refractivity contribution in [2.75, 3.05) is 6.61 Å². The second-order valence-corrected chi connectivity index (χ2v) is 6.68. The van der Waals surface area contributed by atoms with Crippen LogP contribution in [-0.2, 0) is 9.47 Å². The number of nitrogens with zero attached hydrogens (tertiary/aromatic N) is 1. The third kappa shape index (κ3) is 7.61. The highest BCUT2D eigenvalue weighted by atomic mass is 35.5. The van der Waals surface area contributed by atoms with Crippen molar-refractivity contribution in [2.24, 2.45) is 0 Å². The summed E-state index contributed by atoms with van der Waals surface area (Å²) in [5, 5.41) is 3.42. The van der Waals surface area contributed by atoms with Crippen molar-refractivity contribution in [1.82, 2.24) is 10.3 Å². The van der Waals surface area contributed by atoms with Crippen molar-refractivity contribution >= 4 is 17.7 Å². The molecule has 1 amide bonds. The van der Waals surface area contributed by atoms with Crippen LogP contribution in [-0.4, -0.2) is 29.3 Å². The number of rotatable bonds is 6. The summed E-state index contributed by atoms with van der Waals surface area (Å²) in [4.78, 5) is 15.9. The van der Waals surface area contributed by atoms with Gasteiger partial charge in [-0.15, -0.1) is 0 Å². The number of amides is 1. The Morgan fingerprint density at radius 3 is 2.68 bits per heavy atom. The zero-order valence-electron chi connectivity index (χ0n) is 13.9. The maximum absolute atomic E-state index is 11.6. The fourth-order valence-electron chi connectivity index (χ4n) is 1.73. The lowest BCUT2D eigenvalue weighted by Crippen LogP contribution is -2.38. The standard InChI is InChI=1S/C16H25ClN2O3/c1-11(19-15(20)22-16(3,4)5)7-9-21-12(2)14-10-13(17)6-8-18-14/h6,8,10-12H,7,9H2,1-5H3,(H,19,20)/t11-,12+/m0/s1. The van der Waals surface area contributed by atoms with E-state index in [1.54, 1.807) is 18.3 Å². The van der Waals surface area contributed by atoms with Crippen LogP contribution in [0.5, 0.6) is 0 Å². The van der Waals surface area contributed by atoms with Crippen LogP contribution >= 0.6 is 11.6 Å². The van der Waals surface area contributed by atoms with Gasteiger partial charge in [-0.05, 0) is 53.2 Å². The van der Waals surface area contributed by atoms with Crippen molar-refractivity contribution in [3.63, 3.8) is 0 Å². The summed E-state index contributed by atoms with van der Waals surface area (Å²) >= 11 is 5.93. The first-order valence-electron chi connectivity index (χ1n) is 7.40. The number of carbonyl (C=O) groups excluding carboxylic acids is 1. The van der Waals surface area contributed by atoms with E-state index in [9.17, 15) is 4.79 Å². The molecule has 1 heterocycles. The molecule has 0 saturated heterocycles. The van der Waals surface area contributed by atoms with Gasteiger partial charge in [-0.1, -0.05) is 11.6 Å². The predicted molar refractivity (Wildman–Crippen MR) is 87.1 cm³/mol. The molecule has 6 heteroatoms. The molecule has 0 aromatic carbocycles. The highest BCUT2D eigenvalue weighted by Crippen LogP contribution is 2.18. The van der Waals surface area contributed by atoms with E-state index in [1.807, 2.05) is 34.6 Å². The molecular weight excluding hydrogens is 304 g/mol. The van der Waals surface area contributed by atoms with Gasteiger partial charge in [-0.25, -0.2) is 4.79 Å². The number of halogens is 1. The maximum Gasteiger partial charge on any atom is 0.407 e. The molecule has 0 spiro atoms. The zero-order chi connectivity index (χ0) is 16.8. The van der Waals surface area contributed by atoms with Crippen LogP contribution in [0.25, 0.3) is 0 Å². The first kappa shape index (κ1) is 18.7. The van der Waals surface area contributed by atoms with Crippen molar-refractivity contribution in [2.45, 2.75) is 58.8 Å². The molecule has 0 radical (unpaired) electrons. The Balaban J connectivity index is 2.30. The number of ether oxygens (including phenoxy) is 2. The minimum absolute atomic E-state index is 0.0330. The summed E-state index contributed by atoms with van der Waals surface area (Å²) in [5.41, 5.74) is 0.299. The lowest BCUT2D eigenvalue weighted by molar-refractivity contribution is 0.0436. The highest BCUT2D eigenvalue weighted by molar-refractivity contribution is 6.30. The molecule has 124 valence electrons. The number of carbonyl (C=O) groups is 1. The molecule has 0 aliphatic carbocycles. The Labute approximate surface area is 137 Å². The quantitative estimate of drug-likeness (QED) is 0.853. The Kier molecular flexibility index (Phi) is 7.10. The van der Waals surface area contributed by atoms with Crippen LogP contribution in [0.3, 0.4) is 0 Å². The summed E-state index contributed by atoms with van der Waals surface area (Å²) in [5.74, 6) is 0. The highest BCUT2D eigenvalue weighted by Gasteiger charge is 2.17. The molecule has 2 atom stereocenters. The molecule has 0 aliphatic rings. The number of hydrogen-bond acceptors (Lipinski definition) is 4. The van der Waals surface area contributed by atoms with E-state index in [2.05, 4.69) is 10.3 Å². The second-order valence-electron chi connectivity index (χ2n) is 6.25. The monoisotopic (exact) mass is 328 g/mol. The SMILES string of the molecule is C[C@@H](CCO[C@H](C)c1cc(Cl)ccn1)NC(=O)OC(C)(C)C. The molecule has 0 aliphatic heterocycles. The van der Waals surface area contributed by atoms with Crippen molar-refractivity contribution in [3.05, 3.63) is 29.0 Å². The number of hydrogen-bond donors (Lipinski definition) is 1.